The highest BCUT2D eigenvalue weighted by molar-refractivity contribution is 8.00. The Bertz CT molecular complexity index is 746. The predicted octanol–water partition coefficient (Wildman–Crippen LogP) is 2.49. The van der Waals surface area contributed by atoms with Gasteiger partial charge in [0.15, 0.2) is 5.16 Å². The van der Waals surface area contributed by atoms with E-state index in [2.05, 4.69) is 31.9 Å². The number of rotatable bonds is 7. The summed E-state index contributed by atoms with van der Waals surface area (Å²) in [4.78, 5) is 14.8. The molecule has 1 aromatic carbocycles. The molecule has 0 saturated carbocycles. The van der Waals surface area contributed by atoms with Crippen LogP contribution in [-0.4, -0.2) is 52.2 Å². The Morgan fingerprint density at radius 2 is 1.93 bits per heavy atom. The third kappa shape index (κ3) is 4.81. The quantitative estimate of drug-likeness (QED) is 0.734. The first-order valence-corrected chi connectivity index (χ1v) is 10.3. The van der Waals surface area contributed by atoms with E-state index in [1.807, 2.05) is 44.2 Å². The summed E-state index contributed by atoms with van der Waals surface area (Å²) in [7, 11) is 0. The van der Waals surface area contributed by atoms with Crippen LogP contribution in [0.3, 0.4) is 0 Å². The second-order valence-electron chi connectivity index (χ2n) is 6.53. The maximum Gasteiger partial charge on any atom is 0.233 e. The van der Waals surface area contributed by atoms with Crippen LogP contribution in [-0.2, 0) is 16.1 Å². The van der Waals surface area contributed by atoms with Crippen LogP contribution < -0.4 is 10.2 Å². The number of morpholine rings is 1. The van der Waals surface area contributed by atoms with E-state index in [0.29, 0.717) is 13.2 Å². The fourth-order valence-corrected chi connectivity index (χ4v) is 3.93. The second-order valence-corrected chi connectivity index (χ2v) is 7.84. The molecule has 2 heterocycles. The van der Waals surface area contributed by atoms with Gasteiger partial charge in [0.2, 0.25) is 11.9 Å². The van der Waals surface area contributed by atoms with Gasteiger partial charge in [-0.05, 0) is 26.3 Å². The van der Waals surface area contributed by atoms with E-state index >= 15 is 0 Å². The molecule has 27 heavy (non-hydrogen) atoms. The lowest BCUT2D eigenvalue weighted by atomic mass is 10.1. The fourth-order valence-electron chi connectivity index (χ4n) is 3.01. The summed E-state index contributed by atoms with van der Waals surface area (Å²) in [5.74, 6) is 0.850. The number of carbonyl (C=O) groups excluding carboxylic acids is 1. The zero-order chi connectivity index (χ0) is 19.2. The molecule has 2 unspecified atom stereocenters. The molecule has 1 N–H and O–H groups in total. The van der Waals surface area contributed by atoms with Crippen molar-refractivity contribution in [3.63, 3.8) is 0 Å². The summed E-state index contributed by atoms with van der Waals surface area (Å²) in [6, 6.07) is 9.94. The molecule has 0 spiro atoms. The van der Waals surface area contributed by atoms with Crippen LogP contribution in [0.4, 0.5) is 5.95 Å². The maximum absolute atomic E-state index is 12.6. The molecule has 7 nitrogen and oxygen atoms in total. The van der Waals surface area contributed by atoms with Crippen molar-refractivity contribution in [2.24, 2.45) is 0 Å². The third-order valence-corrected chi connectivity index (χ3v) is 5.70. The first kappa shape index (κ1) is 19.7. The Morgan fingerprint density at radius 3 is 2.59 bits per heavy atom. The Balaban J connectivity index is 1.64. The summed E-state index contributed by atoms with van der Waals surface area (Å²) < 4.78 is 7.48. The van der Waals surface area contributed by atoms with Crippen molar-refractivity contribution in [1.29, 1.82) is 0 Å². The molecule has 3 rings (SSSR count). The molecule has 1 amide bonds. The Morgan fingerprint density at radius 1 is 1.22 bits per heavy atom. The van der Waals surface area contributed by atoms with Gasteiger partial charge in [0.1, 0.15) is 0 Å². The molecule has 2 aromatic rings. The van der Waals surface area contributed by atoms with Crippen molar-refractivity contribution in [1.82, 2.24) is 20.1 Å². The van der Waals surface area contributed by atoms with E-state index in [1.54, 1.807) is 0 Å². The minimum atomic E-state index is -0.261. The minimum absolute atomic E-state index is 0.00470. The van der Waals surface area contributed by atoms with Crippen LogP contribution in [0.1, 0.15) is 32.4 Å². The zero-order valence-electron chi connectivity index (χ0n) is 16.1. The highest BCUT2D eigenvalue weighted by atomic mass is 32.2. The molecule has 1 aliphatic rings. The molecule has 1 aromatic heterocycles. The first-order chi connectivity index (χ1) is 13.1. The summed E-state index contributed by atoms with van der Waals surface area (Å²) in [5.41, 5.74) is 1.09. The highest BCUT2D eigenvalue weighted by Crippen LogP contribution is 2.26. The van der Waals surface area contributed by atoms with Crippen molar-refractivity contribution in [3.8, 4) is 0 Å². The van der Waals surface area contributed by atoms with Gasteiger partial charge in [-0.1, -0.05) is 42.1 Å². The smallest absolute Gasteiger partial charge is 0.233 e. The fraction of sp³-hybridized carbons (Fsp3) is 0.526. The third-order valence-electron chi connectivity index (χ3n) is 4.62. The van der Waals surface area contributed by atoms with Crippen molar-refractivity contribution in [2.45, 2.75) is 43.8 Å². The van der Waals surface area contributed by atoms with Gasteiger partial charge in [0, 0.05) is 19.6 Å². The lowest BCUT2D eigenvalue weighted by Gasteiger charge is -2.27. The van der Waals surface area contributed by atoms with E-state index in [9.17, 15) is 4.79 Å². The topological polar surface area (TPSA) is 72.3 Å². The number of hydrogen-bond acceptors (Lipinski definition) is 6. The molecule has 0 radical (unpaired) electrons. The van der Waals surface area contributed by atoms with Gasteiger partial charge in [0.25, 0.3) is 0 Å². The van der Waals surface area contributed by atoms with Crippen LogP contribution in [0.15, 0.2) is 35.5 Å². The van der Waals surface area contributed by atoms with Gasteiger partial charge in [-0.15, -0.1) is 10.2 Å². The van der Waals surface area contributed by atoms with Crippen molar-refractivity contribution >= 4 is 23.6 Å². The lowest BCUT2D eigenvalue weighted by molar-refractivity contribution is -0.120. The van der Waals surface area contributed by atoms with Gasteiger partial charge < -0.3 is 15.0 Å². The molecular weight excluding hydrogens is 362 g/mol. The number of nitrogens with zero attached hydrogens (tertiary/aromatic N) is 4. The summed E-state index contributed by atoms with van der Waals surface area (Å²) in [6.45, 7) is 9.76. The van der Waals surface area contributed by atoms with Crippen LogP contribution >= 0.6 is 11.8 Å². The summed E-state index contributed by atoms with van der Waals surface area (Å²) in [6.07, 6.45) is 0. The first-order valence-electron chi connectivity index (χ1n) is 9.38. The van der Waals surface area contributed by atoms with Crippen molar-refractivity contribution in [2.75, 3.05) is 31.2 Å². The predicted molar refractivity (Wildman–Crippen MR) is 107 cm³/mol. The number of carbonyl (C=O) groups is 1. The van der Waals surface area contributed by atoms with Gasteiger partial charge >= 0.3 is 0 Å². The summed E-state index contributed by atoms with van der Waals surface area (Å²) >= 11 is 1.44. The number of aromatic nitrogens is 3. The number of nitrogens with one attached hydrogen (secondary N) is 1. The van der Waals surface area contributed by atoms with E-state index in [-0.39, 0.29) is 17.2 Å². The van der Waals surface area contributed by atoms with Crippen molar-refractivity contribution < 1.29 is 9.53 Å². The minimum Gasteiger partial charge on any atom is -0.378 e. The Labute approximate surface area is 164 Å². The van der Waals surface area contributed by atoms with Gasteiger partial charge in [-0.25, -0.2) is 0 Å². The Hall–Kier alpha value is -2.06. The molecule has 2 atom stereocenters. The average molecular weight is 390 g/mol. The molecule has 8 heteroatoms. The largest absolute Gasteiger partial charge is 0.378 e. The van der Waals surface area contributed by atoms with Gasteiger partial charge in [-0.2, -0.15) is 0 Å². The molecule has 0 bridgehead atoms. The maximum atomic E-state index is 12.6. The van der Waals surface area contributed by atoms with Gasteiger partial charge in [0.05, 0.1) is 24.5 Å². The number of thioether (sulfide) groups is 1. The number of ether oxygens (including phenoxy) is 1. The van der Waals surface area contributed by atoms with Gasteiger partial charge in [-0.3, -0.25) is 9.36 Å². The monoisotopic (exact) mass is 389 g/mol. The lowest BCUT2D eigenvalue weighted by Crippen LogP contribution is -2.38. The van der Waals surface area contributed by atoms with E-state index < -0.39 is 0 Å². The number of anilines is 1. The van der Waals surface area contributed by atoms with E-state index in [4.69, 9.17) is 4.74 Å². The molecule has 1 aliphatic heterocycles. The average Bonchev–Trinajstić information content (AvgIpc) is 3.11. The summed E-state index contributed by atoms with van der Waals surface area (Å²) in [5, 5.41) is 12.3. The van der Waals surface area contributed by atoms with Crippen molar-refractivity contribution in [3.05, 3.63) is 35.9 Å². The standard InChI is InChI=1S/C19H27N5O2S/c1-4-24-18(23-10-12-26-13-11-23)21-22-19(24)27-15(3)17(25)20-14(2)16-8-6-5-7-9-16/h5-9,14-15H,4,10-13H2,1-3H3,(H,20,25). The normalized spacial score (nSPS) is 16.8. The van der Waals surface area contributed by atoms with Crippen LogP contribution in [0.2, 0.25) is 0 Å². The highest BCUT2D eigenvalue weighted by Gasteiger charge is 2.24. The number of amides is 1. The zero-order valence-corrected chi connectivity index (χ0v) is 16.9. The van der Waals surface area contributed by atoms with E-state index in [0.717, 1.165) is 36.3 Å². The number of hydrogen-bond donors (Lipinski definition) is 1. The van der Waals surface area contributed by atoms with Crippen LogP contribution in [0, 0.1) is 0 Å². The molecule has 1 saturated heterocycles. The molecule has 0 aliphatic carbocycles. The number of benzene rings is 1. The molecular formula is C19H27N5O2S. The SMILES string of the molecule is CCn1c(SC(C)C(=O)NC(C)c2ccccc2)nnc1N1CCOCC1. The second kappa shape index (κ2) is 9.23. The Kier molecular flexibility index (Phi) is 6.73. The molecule has 1 fully saturated rings. The molecule has 146 valence electrons. The van der Waals surface area contributed by atoms with Crippen LogP contribution in [0.25, 0.3) is 0 Å². The van der Waals surface area contributed by atoms with E-state index in [1.165, 1.54) is 11.8 Å². The van der Waals surface area contributed by atoms with Crippen LogP contribution in [0.5, 0.6) is 0 Å².